The van der Waals surface area contributed by atoms with E-state index in [2.05, 4.69) is 22.5 Å². The molecule has 3 amide bonds. The highest BCUT2D eigenvalue weighted by molar-refractivity contribution is 6.00. The van der Waals surface area contributed by atoms with Crippen LogP contribution in [-0.2, 0) is 4.79 Å². The van der Waals surface area contributed by atoms with Crippen molar-refractivity contribution in [3.63, 3.8) is 0 Å². The van der Waals surface area contributed by atoms with Crippen LogP contribution in [0.5, 0.6) is 0 Å². The van der Waals surface area contributed by atoms with Gasteiger partial charge in [0, 0.05) is 49.7 Å². The van der Waals surface area contributed by atoms with E-state index in [-0.39, 0.29) is 11.9 Å². The van der Waals surface area contributed by atoms with Gasteiger partial charge in [-0.05, 0) is 56.2 Å². The fraction of sp³-hybridized carbons (Fsp3) is 0.440. The first-order chi connectivity index (χ1) is 15.0. The first-order valence-corrected chi connectivity index (χ1v) is 11.2. The van der Waals surface area contributed by atoms with Gasteiger partial charge in [-0.1, -0.05) is 37.5 Å². The van der Waals surface area contributed by atoms with Crippen LogP contribution in [0.2, 0.25) is 0 Å². The van der Waals surface area contributed by atoms with Crippen LogP contribution >= 0.6 is 0 Å². The lowest BCUT2D eigenvalue weighted by atomic mass is 10.1. The third kappa shape index (κ3) is 6.48. The summed E-state index contributed by atoms with van der Waals surface area (Å²) in [5, 5.41) is 5.79. The van der Waals surface area contributed by atoms with Gasteiger partial charge in [0.15, 0.2) is 0 Å². The van der Waals surface area contributed by atoms with Crippen LogP contribution in [-0.4, -0.2) is 43.0 Å². The van der Waals surface area contributed by atoms with Crippen molar-refractivity contribution < 1.29 is 9.59 Å². The maximum absolute atomic E-state index is 12.3. The first-order valence-electron chi connectivity index (χ1n) is 11.2. The maximum Gasteiger partial charge on any atom is 0.323 e. The minimum Gasteiger partial charge on any atom is -0.368 e. The van der Waals surface area contributed by atoms with Gasteiger partial charge in [0.25, 0.3) is 0 Å². The molecule has 31 heavy (non-hydrogen) atoms. The van der Waals surface area contributed by atoms with Gasteiger partial charge in [0.1, 0.15) is 0 Å². The molecular formula is C25H34N4O2. The van der Waals surface area contributed by atoms with E-state index >= 15 is 0 Å². The summed E-state index contributed by atoms with van der Waals surface area (Å²) >= 11 is 0. The molecule has 0 radical (unpaired) electrons. The van der Waals surface area contributed by atoms with E-state index in [1.54, 1.807) is 0 Å². The molecule has 2 N–H and O–H groups in total. The van der Waals surface area contributed by atoms with Crippen molar-refractivity contribution in [1.82, 2.24) is 4.90 Å². The quantitative estimate of drug-likeness (QED) is 0.605. The minimum absolute atomic E-state index is 0.255. The molecule has 0 spiro atoms. The van der Waals surface area contributed by atoms with Crippen molar-refractivity contribution in [3.05, 3.63) is 53.6 Å². The number of rotatable bonds is 7. The number of hydrogen-bond acceptors (Lipinski definition) is 3. The lowest BCUT2D eigenvalue weighted by Crippen LogP contribution is -2.48. The Labute approximate surface area is 185 Å². The second kappa shape index (κ2) is 10.8. The van der Waals surface area contributed by atoms with Gasteiger partial charge in [0.2, 0.25) is 5.91 Å². The van der Waals surface area contributed by atoms with E-state index in [1.807, 2.05) is 61.2 Å². The number of unbranched alkanes of at least 4 members (excludes halogenated alkanes) is 2. The fourth-order valence-electron chi connectivity index (χ4n) is 3.89. The van der Waals surface area contributed by atoms with Crippen molar-refractivity contribution in [2.24, 2.45) is 0 Å². The molecule has 166 valence electrons. The number of nitrogens with zero attached hydrogens (tertiary/aromatic N) is 2. The molecule has 6 nitrogen and oxygen atoms in total. The highest BCUT2D eigenvalue weighted by atomic mass is 16.2. The molecule has 0 unspecified atom stereocenters. The molecule has 1 saturated heterocycles. The average molecular weight is 423 g/mol. The number of aryl methyl sites for hydroxylation is 2. The summed E-state index contributed by atoms with van der Waals surface area (Å²) in [5.74, 6) is 0.280. The van der Waals surface area contributed by atoms with Gasteiger partial charge in [-0.15, -0.1) is 0 Å². The molecule has 1 heterocycles. The Hall–Kier alpha value is -3.02. The smallest absolute Gasteiger partial charge is 0.323 e. The number of amides is 3. The Balaban J connectivity index is 1.48. The van der Waals surface area contributed by atoms with Gasteiger partial charge in [-0.2, -0.15) is 0 Å². The Kier molecular flexibility index (Phi) is 7.93. The molecule has 1 aliphatic rings. The van der Waals surface area contributed by atoms with E-state index < -0.39 is 0 Å². The highest BCUT2D eigenvalue weighted by Crippen LogP contribution is 2.21. The summed E-state index contributed by atoms with van der Waals surface area (Å²) in [6.45, 7) is 9.37. The second-order valence-corrected chi connectivity index (χ2v) is 8.27. The normalized spacial score (nSPS) is 13.8. The van der Waals surface area contributed by atoms with Crippen LogP contribution in [0.15, 0.2) is 42.5 Å². The molecule has 1 fully saturated rings. The zero-order valence-corrected chi connectivity index (χ0v) is 18.9. The Morgan fingerprint density at radius 1 is 0.903 bits per heavy atom. The van der Waals surface area contributed by atoms with Gasteiger partial charge in [-0.3, -0.25) is 4.79 Å². The van der Waals surface area contributed by atoms with Crippen molar-refractivity contribution in [2.75, 3.05) is 41.7 Å². The van der Waals surface area contributed by atoms with Crippen molar-refractivity contribution in [3.8, 4) is 0 Å². The monoisotopic (exact) mass is 422 g/mol. The first kappa shape index (κ1) is 22.7. The Morgan fingerprint density at radius 3 is 2.26 bits per heavy atom. The molecule has 0 aliphatic carbocycles. The lowest BCUT2D eigenvalue weighted by molar-refractivity contribution is -0.131. The molecule has 0 bridgehead atoms. The van der Waals surface area contributed by atoms with Crippen LogP contribution in [0.3, 0.4) is 0 Å². The molecule has 3 rings (SSSR count). The van der Waals surface area contributed by atoms with E-state index in [9.17, 15) is 9.59 Å². The van der Waals surface area contributed by atoms with Crippen LogP contribution < -0.4 is 15.5 Å². The molecule has 0 saturated carbocycles. The van der Waals surface area contributed by atoms with Crippen LogP contribution in [0.1, 0.15) is 43.7 Å². The fourth-order valence-corrected chi connectivity index (χ4v) is 3.89. The minimum atomic E-state index is -0.255. The lowest BCUT2D eigenvalue weighted by Gasteiger charge is -2.36. The van der Waals surface area contributed by atoms with E-state index in [0.29, 0.717) is 6.42 Å². The molecule has 2 aromatic rings. The van der Waals surface area contributed by atoms with Crippen molar-refractivity contribution >= 4 is 29.0 Å². The molecule has 0 atom stereocenters. The summed E-state index contributed by atoms with van der Waals surface area (Å²) in [7, 11) is 0. The van der Waals surface area contributed by atoms with Crippen LogP contribution in [0.25, 0.3) is 0 Å². The molecule has 2 aromatic carbocycles. The number of benzene rings is 2. The van der Waals surface area contributed by atoms with Gasteiger partial charge in [-0.25, -0.2) is 4.79 Å². The standard InChI is InChI=1S/C25H34N4O2/c1-4-5-6-7-24(30)29-16-14-28(15-17-29)22-11-9-21(10-12-22)26-25(31)27-23-13-8-19(2)18-20(23)3/h8-13,18H,4-7,14-17H2,1-3H3,(H2,26,27,31). The van der Waals surface area contributed by atoms with Gasteiger partial charge >= 0.3 is 6.03 Å². The number of carbonyl (C=O) groups excluding carboxylic acids is 2. The highest BCUT2D eigenvalue weighted by Gasteiger charge is 2.20. The summed E-state index contributed by atoms with van der Waals surface area (Å²) in [6.07, 6.45) is 3.91. The maximum atomic E-state index is 12.3. The number of anilines is 3. The number of carbonyl (C=O) groups is 2. The van der Waals surface area contributed by atoms with Crippen LogP contribution in [0, 0.1) is 13.8 Å². The summed E-state index contributed by atoms with van der Waals surface area (Å²) in [6, 6.07) is 13.6. The number of nitrogens with one attached hydrogen (secondary N) is 2. The molecule has 1 aliphatic heterocycles. The van der Waals surface area contributed by atoms with Crippen molar-refractivity contribution in [1.29, 1.82) is 0 Å². The summed E-state index contributed by atoms with van der Waals surface area (Å²) in [4.78, 5) is 28.9. The Morgan fingerprint density at radius 2 is 1.61 bits per heavy atom. The van der Waals surface area contributed by atoms with Crippen LogP contribution in [0.4, 0.5) is 21.9 Å². The van der Waals surface area contributed by atoms with E-state index in [4.69, 9.17) is 0 Å². The van der Waals surface area contributed by atoms with E-state index in [1.165, 1.54) is 5.56 Å². The predicted molar refractivity (Wildman–Crippen MR) is 128 cm³/mol. The van der Waals surface area contributed by atoms with Gasteiger partial charge < -0.3 is 20.4 Å². The summed E-state index contributed by atoms with van der Waals surface area (Å²) < 4.78 is 0. The Bertz CT molecular complexity index is 887. The molecule has 6 heteroatoms. The number of piperazine rings is 1. The SMILES string of the molecule is CCCCCC(=O)N1CCN(c2ccc(NC(=O)Nc3ccc(C)cc3C)cc2)CC1. The zero-order chi connectivity index (χ0) is 22.2. The molecular weight excluding hydrogens is 388 g/mol. The largest absolute Gasteiger partial charge is 0.368 e. The summed E-state index contributed by atoms with van der Waals surface area (Å²) in [5.41, 5.74) is 4.87. The average Bonchev–Trinajstić information content (AvgIpc) is 2.76. The predicted octanol–water partition coefficient (Wildman–Crippen LogP) is 5.18. The number of hydrogen-bond donors (Lipinski definition) is 2. The number of urea groups is 1. The van der Waals surface area contributed by atoms with Crippen molar-refractivity contribution in [2.45, 2.75) is 46.5 Å². The third-order valence-corrected chi connectivity index (χ3v) is 5.75. The zero-order valence-electron chi connectivity index (χ0n) is 18.9. The third-order valence-electron chi connectivity index (χ3n) is 5.75. The second-order valence-electron chi connectivity index (χ2n) is 8.27. The topological polar surface area (TPSA) is 64.7 Å². The molecule has 0 aromatic heterocycles. The van der Waals surface area contributed by atoms with Gasteiger partial charge in [0.05, 0.1) is 0 Å². The van der Waals surface area contributed by atoms with E-state index in [0.717, 1.165) is 68.1 Å².